The zero-order valence-electron chi connectivity index (χ0n) is 15.3. The van der Waals surface area contributed by atoms with Crippen molar-refractivity contribution >= 4 is 5.91 Å². The van der Waals surface area contributed by atoms with E-state index >= 15 is 0 Å². The maximum atomic E-state index is 12.9. The number of oxazole rings is 1. The highest BCUT2D eigenvalue weighted by Crippen LogP contribution is 2.27. The smallest absolute Gasteiger partial charge is 0.291 e. The van der Waals surface area contributed by atoms with Gasteiger partial charge in [-0.2, -0.15) is 4.98 Å². The van der Waals surface area contributed by atoms with Crippen LogP contribution in [0.2, 0.25) is 0 Å². The van der Waals surface area contributed by atoms with Crippen LogP contribution >= 0.6 is 0 Å². The molecule has 8 nitrogen and oxygen atoms in total. The van der Waals surface area contributed by atoms with E-state index in [1.165, 1.54) is 18.5 Å². The standard InChI is InChI=1S/C19H19FN4O4/c1-12-17(27-11-21-12)19(25)24-8-6-13(10-24)18-22-16(23-28-18)7-9-26-15-4-2-14(20)3-5-15/h2-5,11,13H,6-10H2,1H3. The van der Waals surface area contributed by atoms with Crippen molar-refractivity contribution in [2.75, 3.05) is 19.7 Å². The minimum absolute atomic E-state index is 0.00792. The second kappa shape index (κ2) is 7.79. The number of amides is 1. The summed E-state index contributed by atoms with van der Waals surface area (Å²) in [6, 6.07) is 5.82. The van der Waals surface area contributed by atoms with E-state index in [1.54, 1.807) is 24.0 Å². The zero-order chi connectivity index (χ0) is 19.5. The molecule has 4 rings (SSSR count). The average Bonchev–Trinajstić information content (AvgIpc) is 3.43. The van der Waals surface area contributed by atoms with E-state index in [4.69, 9.17) is 13.7 Å². The number of carbonyl (C=O) groups excluding carboxylic acids is 1. The predicted molar refractivity (Wildman–Crippen MR) is 94.4 cm³/mol. The van der Waals surface area contributed by atoms with Crippen molar-refractivity contribution in [3.63, 3.8) is 0 Å². The van der Waals surface area contributed by atoms with E-state index in [2.05, 4.69) is 15.1 Å². The zero-order valence-corrected chi connectivity index (χ0v) is 15.3. The molecule has 2 aromatic heterocycles. The number of carbonyl (C=O) groups is 1. The molecule has 1 atom stereocenters. The number of ether oxygens (including phenoxy) is 1. The first-order valence-electron chi connectivity index (χ1n) is 9.00. The van der Waals surface area contributed by atoms with Gasteiger partial charge in [0.2, 0.25) is 11.7 Å². The number of aromatic nitrogens is 3. The van der Waals surface area contributed by atoms with Crippen LogP contribution in [0.25, 0.3) is 0 Å². The molecule has 146 valence electrons. The Bertz CT molecular complexity index is 953. The van der Waals surface area contributed by atoms with E-state index < -0.39 is 0 Å². The fraction of sp³-hybridized carbons (Fsp3) is 0.368. The second-order valence-corrected chi connectivity index (χ2v) is 6.60. The first-order valence-corrected chi connectivity index (χ1v) is 9.00. The maximum Gasteiger partial charge on any atom is 0.291 e. The van der Waals surface area contributed by atoms with Gasteiger partial charge in [-0.25, -0.2) is 9.37 Å². The second-order valence-electron chi connectivity index (χ2n) is 6.60. The lowest BCUT2D eigenvalue weighted by Crippen LogP contribution is -2.28. The van der Waals surface area contributed by atoms with E-state index in [-0.39, 0.29) is 23.4 Å². The number of aryl methyl sites for hydroxylation is 1. The molecule has 1 saturated heterocycles. The Kier molecular flexibility index (Phi) is 5.05. The molecule has 0 radical (unpaired) electrons. The molecule has 1 fully saturated rings. The van der Waals surface area contributed by atoms with Crippen molar-refractivity contribution in [1.29, 1.82) is 0 Å². The number of likely N-dealkylation sites (tertiary alicyclic amines) is 1. The van der Waals surface area contributed by atoms with Crippen LogP contribution in [0.1, 0.15) is 40.3 Å². The average molecular weight is 386 g/mol. The Labute approximate surface area is 160 Å². The number of rotatable bonds is 6. The molecule has 1 amide bonds. The number of hydrogen-bond acceptors (Lipinski definition) is 7. The van der Waals surface area contributed by atoms with Gasteiger partial charge in [0.25, 0.3) is 5.91 Å². The van der Waals surface area contributed by atoms with Crippen LogP contribution in [-0.2, 0) is 6.42 Å². The van der Waals surface area contributed by atoms with Crippen molar-refractivity contribution in [3.05, 3.63) is 59.6 Å². The van der Waals surface area contributed by atoms with Crippen LogP contribution in [0.3, 0.4) is 0 Å². The Morgan fingerprint density at radius 3 is 2.93 bits per heavy atom. The summed E-state index contributed by atoms with van der Waals surface area (Å²) in [6.07, 6.45) is 2.48. The summed E-state index contributed by atoms with van der Waals surface area (Å²) in [4.78, 5) is 22.6. The Hall–Kier alpha value is -3.23. The predicted octanol–water partition coefficient (Wildman–Crippen LogP) is 2.76. The van der Waals surface area contributed by atoms with Crippen LogP contribution < -0.4 is 4.74 Å². The SMILES string of the molecule is Cc1ncoc1C(=O)N1CCC(c2nc(CCOc3ccc(F)cc3)no2)C1. The van der Waals surface area contributed by atoms with Crippen LogP contribution in [0.15, 0.2) is 39.6 Å². The lowest BCUT2D eigenvalue weighted by atomic mass is 10.1. The van der Waals surface area contributed by atoms with Gasteiger partial charge >= 0.3 is 0 Å². The summed E-state index contributed by atoms with van der Waals surface area (Å²) in [6.45, 7) is 3.18. The number of hydrogen-bond donors (Lipinski definition) is 0. The van der Waals surface area contributed by atoms with Gasteiger partial charge in [0, 0.05) is 19.5 Å². The lowest BCUT2D eigenvalue weighted by molar-refractivity contribution is 0.0757. The normalized spacial score (nSPS) is 16.5. The molecule has 1 aliphatic rings. The van der Waals surface area contributed by atoms with Gasteiger partial charge in [-0.3, -0.25) is 4.79 Å². The van der Waals surface area contributed by atoms with Crippen molar-refractivity contribution < 1.29 is 22.9 Å². The van der Waals surface area contributed by atoms with Gasteiger partial charge in [0.1, 0.15) is 11.6 Å². The van der Waals surface area contributed by atoms with Gasteiger partial charge in [0.05, 0.1) is 18.2 Å². The van der Waals surface area contributed by atoms with Crippen molar-refractivity contribution in [2.45, 2.75) is 25.7 Å². The molecule has 3 heterocycles. The maximum absolute atomic E-state index is 12.9. The van der Waals surface area contributed by atoms with Crippen molar-refractivity contribution in [3.8, 4) is 5.75 Å². The van der Waals surface area contributed by atoms with Crippen LogP contribution in [0, 0.1) is 12.7 Å². The minimum atomic E-state index is -0.308. The molecule has 3 aromatic rings. The molecule has 28 heavy (non-hydrogen) atoms. The number of halogens is 1. The van der Waals surface area contributed by atoms with E-state index in [0.717, 1.165) is 6.42 Å². The van der Waals surface area contributed by atoms with E-state index in [1.807, 2.05) is 0 Å². The number of benzene rings is 1. The van der Waals surface area contributed by atoms with Gasteiger partial charge in [-0.05, 0) is 37.6 Å². The molecule has 0 N–H and O–H groups in total. The molecular formula is C19H19FN4O4. The van der Waals surface area contributed by atoms with Gasteiger partial charge in [-0.1, -0.05) is 5.16 Å². The molecule has 0 aliphatic carbocycles. The van der Waals surface area contributed by atoms with Crippen LogP contribution in [0.4, 0.5) is 4.39 Å². The van der Waals surface area contributed by atoms with Gasteiger partial charge < -0.3 is 18.6 Å². The highest BCUT2D eigenvalue weighted by molar-refractivity contribution is 5.92. The minimum Gasteiger partial charge on any atom is -0.493 e. The first-order chi connectivity index (χ1) is 13.6. The third kappa shape index (κ3) is 3.88. The molecule has 1 unspecified atom stereocenters. The Morgan fingerprint density at radius 1 is 1.36 bits per heavy atom. The molecular weight excluding hydrogens is 367 g/mol. The van der Waals surface area contributed by atoms with Crippen molar-refractivity contribution in [1.82, 2.24) is 20.0 Å². The summed E-state index contributed by atoms with van der Waals surface area (Å²) in [5, 5.41) is 3.98. The summed E-state index contributed by atoms with van der Waals surface area (Å²) < 4.78 is 29.0. The molecule has 0 spiro atoms. The van der Waals surface area contributed by atoms with Crippen LogP contribution in [0.5, 0.6) is 5.75 Å². The largest absolute Gasteiger partial charge is 0.493 e. The molecule has 0 saturated carbocycles. The van der Waals surface area contributed by atoms with Crippen molar-refractivity contribution in [2.24, 2.45) is 0 Å². The Balaban J connectivity index is 1.30. The molecule has 1 aromatic carbocycles. The summed E-state index contributed by atoms with van der Waals surface area (Å²) in [5.41, 5.74) is 0.578. The highest BCUT2D eigenvalue weighted by Gasteiger charge is 2.33. The van der Waals surface area contributed by atoms with E-state index in [9.17, 15) is 9.18 Å². The third-order valence-electron chi connectivity index (χ3n) is 4.66. The summed E-state index contributed by atoms with van der Waals surface area (Å²) >= 11 is 0. The topological polar surface area (TPSA) is 94.5 Å². The monoisotopic (exact) mass is 386 g/mol. The summed E-state index contributed by atoms with van der Waals surface area (Å²) in [7, 11) is 0. The van der Waals surface area contributed by atoms with Crippen LogP contribution in [-0.4, -0.2) is 45.6 Å². The Morgan fingerprint density at radius 2 is 2.18 bits per heavy atom. The summed E-state index contributed by atoms with van der Waals surface area (Å²) in [5.74, 6) is 1.41. The fourth-order valence-electron chi connectivity index (χ4n) is 3.12. The molecule has 9 heteroatoms. The number of nitrogens with zero attached hydrogens (tertiary/aromatic N) is 4. The third-order valence-corrected chi connectivity index (χ3v) is 4.66. The first kappa shape index (κ1) is 18.1. The molecule has 0 bridgehead atoms. The van der Waals surface area contributed by atoms with Gasteiger partial charge in [-0.15, -0.1) is 0 Å². The highest BCUT2D eigenvalue weighted by atomic mass is 19.1. The quantitative estimate of drug-likeness (QED) is 0.643. The lowest BCUT2D eigenvalue weighted by Gasteiger charge is -2.13. The van der Waals surface area contributed by atoms with Gasteiger partial charge in [0.15, 0.2) is 12.2 Å². The fourth-order valence-corrected chi connectivity index (χ4v) is 3.12. The van der Waals surface area contributed by atoms with E-state index in [0.29, 0.717) is 49.3 Å². The molecule has 1 aliphatic heterocycles.